The van der Waals surface area contributed by atoms with Gasteiger partial charge < -0.3 is 9.84 Å². The summed E-state index contributed by atoms with van der Waals surface area (Å²) in [6.07, 6.45) is -0.784. The number of carboxylic acids is 1. The molecule has 1 aromatic rings. The van der Waals surface area contributed by atoms with E-state index in [0.717, 1.165) is 11.3 Å². The first-order chi connectivity index (χ1) is 7.40. The zero-order valence-electron chi connectivity index (χ0n) is 9.23. The summed E-state index contributed by atoms with van der Waals surface area (Å²) in [7, 11) is 0. The van der Waals surface area contributed by atoms with Crippen LogP contribution in [0.25, 0.3) is 0 Å². The molecule has 0 bridgehead atoms. The van der Waals surface area contributed by atoms with Gasteiger partial charge in [-0.05, 0) is 32.4 Å². The van der Waals surface area contributed by atoms with Gasteiger partial charge in [0.15, 0.2) is 0 Å². The topological polar surface area (TPSA) is 75.6 Å². The normalized spacial score (nSPS) is 10.2. The van der Waals surface area contributed by atoms with Crippen molar-refractivity contribution < 1.29 is 19.4 Å². The molecule has 0 aromatic carbocycles. The molecule has 1 amide bonds. The standard InChI is InChI=1S/C10H13NO4S/c1-5(2)15-10(14)11-7-4-6(3)8(16-7)9(12)13/h4-5H,1-3H3,(H,11,14)(H,12,13). The Balaban J connectivity index is 2.72. The SMILES string of the molecule is Cc1cc(NC(=O)OC(C)C)sc1C(=O)O. The zero-order valence-corrected chi connectivity index (χ0v) is 10.1. The number of hydrogen-bond donors (Lipinski definition) is 2. The molecule has 0 unspecified atom stereocenters. The maximum Gasteiger partial charge on any atom is 0.412 e. The molecule has 16 heavy (non-hydrogen) atoms. The van der Waals surface area contributed by atoms with Crippen molar-refractivity contribution in [1.29, 1.82) is 0 Å². The van der Waals surface area contributed by atoms with Crippen LogP contribution in [-0.4, -0.2) is 23.3 Å². The van der Waals surface area contributed by atoms with Gasteiger partial charge in [0.25, 0.3) is 0 Å². The highest BCUT2D eigenvalue weighted by molar-refractivity contribution is 7.18. The molecule has 0 aliphatic rings. The molecule has 1 heterocycles. The molecule has 1 rings (SSSR count). The molecule has 88 valence electrons. The lowest BCUT2D eigenvalue weighted by atomic mass is 10.3. The summed E-state index contributed by atoms with van der Waals surface area (Å²) >= 11 is 1.01. The van der Waals surface area contributed by atoms with Crippen molar-refractivity contribution in [3.8, 4) is 0 Å². The fourth-order valence-corrected chi connectivity index (χ4v) is 2.00. The molecule has 0 aliphatic heterocycles. The van der Waals surface area contributed by atoms with Gasteiger partial charge in [-0.1, -0.05) is 0 Å². The number of thiophene rings is 1. The van der Waals surface area contributed by atoms with Crippen molar-refractivity contribution in [1.82, 2.24) is 0 Å². The van der Waals surface area contributed by atoms with E-state index in [4.69, 9.17) is 9.84 Å². The number of carbonyl (C=O) groups is 2. The number of anilines is 1. The lowest BCUT2D eigenvalue weighted by Gasteiger charge is -2.07. The second kappa shape index (κ2) is 4.98. The average molecular weight is 243 g/mol. The maximum atomic E-state index is 11.2. The summed E-state index contributed by atoms with van der Waals surface area (Å²) < 4.78 is 4.87. The van der Waals surface area contributed by atoms with E-state index in [1.807, 2.05) is 0 Å². The Bertz CT molecular complexity index is 411. The van der Waals surface area contributed by atoms with Gasteiger partial charge in [-0.15, -0.1) is 11.3 Å². The Morgan fingerprint density at radius 2 is 2.12 bits per heavy atom. The molecule has 0 fully saturated rings. The number of carbonyl (C=O) groups excluding carboxylic acids is 1. The van der Waals surface area contributed by atoms with Crippen molar-refractivity contribution in [3.63, 3.8) is 0 Å². The van der Waals surface area contributed by atoms with E-state index < -0.39 is 12.1 Å². The van der Waals surface area contributed by atoms with Crippen LogP contribution in [0.4, 0.5) is 9.80 Å². The predicted molar refractivity (Wildman–Crippen MR) is 61.3 cm³/mol. The van der Waals surface area contributed by atoms with E-state index >= 15 is 0 Å². The second-order valence-corrected chi connectivity index (χ2v) is 4.56. The number of ether oxygens (including phenoxy) is 1. The molecular weight excluding hydrogens is 230 g/mol. The molecule has 0 spiro atoms. The second-order valence-electron chi connectivity index (χ2n) is 3.51. The Kier molecular flexibility index (Phi) is 3.89. The van der Waals surface area contributed by atoms with Gasteiger partial charge in [0.1, 0.15) is 4.88 Å². The first-order valence-electron chi connectivity index (χ1n) is 4.71. The van der Waals surface area contributed by atoms with E-state index in [2.05, 4.69) is 5.32 Å². The summed E-state index contributed by atoms with van der Waals surface area (Å²) in [6.45, 7) is 5.16. The summed E-state index contributed by atoms with van der Waals surface area (Å²) in [5, 5.41) is 11.8. The van der Waals surface area contributed by atoms with E-state index in [9.17, 15) is 9.59 Å². The van der Waals surface area contributed by atoms with Gasteiger partial charge in [0.2, 0.25) is 0 Å². The van der Waals surface area contributed by atoms with Gasteiger partial charge in [0, 0.05) is 0 Å². The van der Waals surface area contributed by atoms with Crippen LogP contribution in [0.2, 0.25) is 0 Å². The number of carboxylic acid groups (broad SMARTS) is 1. The molecule has 0 saturated carbocycles. The Morgan fingerprint density at radius 1 is 1.50 bits per heavy atom. The van der Waals surface area contributed by atoms with E-state index in [-0.39, 0.29) is 11.0 Å². The van der Waals surface area contributed by atoms with Gasteiger partial charge in [-0.2, -0.15) is 0 Å². The van der Waals surface area contributed by atoms with Crippen LogP contribution >= 0.6 is 11.3 Å². The molecule has 6 heteroatoms. The summed E-state index contributed by atoms with van der Waals surface area (Å²) in [5.41, 5.74) is 0.623. The molecule has 2 N–H and O–H groups in total. The van der Waals surface area contributed by atoms with Crippen LogP contribution in [-0.2, 0) is 4.74 Å². The average Bonchev–Trinajstić information content (AvgIpc) is 2.44. The van der Waals surface area contributed by atoms with Gasteiger partial charge in [-0.3, -0.25) is 5.32 Å². The fraction of sp³-hybridized carbons (Fsp3) is 0.400. The molecule has 0 aliphatic carbocycles. The maximum absolute atomic E-state index is 11.2. The van der Waals surface area contributed by atoms with E-state index in [1.54, 1.807) is 26.8 Å². The molecule has 0 atom stereocenters. The van der Waals surface area contributed by atoms with Gasteiger partial charge in [0.05, 0.1) is 11.1 Å². The highest BCUT2D eigenvalue weighted by Gasteiger charge is 2.14. The predicted octanol–water partition coefficient (Wildman–Crippen LogP) is 2.71. The fourth-order valence-electron chi connectivity index (χ4n) is 1.10. The zero-order chi connectivity index (χ0) is 12.3. The van der Waals surface area contributed by atoms with Crippen LogP contribution in [0.1, 0.15) is 29.1 Å². The minimum absolute atomic E-state index is 0.208. The number of nitrogens with one attached hydrogen (secondary N) is 1. The Hall–Kier alpha value is -1.56. The highest BCUT2D eigenvalue weighted by Crippen LogP contribution is 2.26. The summed E-state index contributed by atoms with van der Waals surface area (Å²) in [5.74, 6) is -0.993. The molecule has 5 nitrogen and oxygen atoms in total. The van der Waals surface area contributed by atoms with Crippen LogP contribution in [0.3, 0.4) is 0 Å². The minimum atomic E-state index is -0.993. The van der Waals surface area contributed by atoms with Crippen molar-refractivity contribution in [2.24, 2.45) is 0 Å². The number of amides is 1. The van der Waals surface area contributed by atoms with Crippen LogP contribution in [0.15, 0.2) is 6.07 Å². The number of rotatable bonds is 3. The van der Waals surface area contributed by atoms with Gasteiger partial charge >= 0.3 is 12.1 Å². The van der Waals surface area contributed by atoms with Crippen molar-refractivity contribution >= 4 is 28.4 Å². The Morgan fingerprint density at radius 3 is 2.56 bits per heavy atom. The lowest BCUT2D eigenvalue weighted by Crippen LogP contribution is -2.17. The monoisotopic (exact) mass is 243 g/mol. The summed E-state index contributed by atoms with van der Waals surface area (Å²) in [4.78, 5) is 22.2. The van der Waals surface area contributed by atoms with Crippen molar-refractivity contribution in [2.75, 3.05) is 5.32 Å². The number of aryl methyl sites for hydroxylation is 1. The summed E-state index contributed by atoms with van der Waals surface area (Å²) in [6, 6.07) is 1.61. The molecule has 0 radical (unpaired) electrons. The van der Waals surface area contributed by atoms with Crippen LogP contribution in [0.5, 0.6) is 0 Å². The number of hydrogen-bond acceptors (Lipinski definition) is 4. The van der Waals surface area contributed by atoms with Crippen LogP contribution in [0, 0.1) is 6.92 Å². The van der Waals surface area contributed by atoms with E-state index in [1.165, 1.54) is 0 Å². The van der Waals surface area contributed by atoms with Crippen LogP contribution < -0.4 is 5.32 Å². The van der Waals surface area contributed by atoms with Crippen molar-refractivity contribution in [2.45, 2.75) is 26.9 Å². The molecule has 0 saturated heterocycles. The third-order valence-electron chi connectivity index (χ3n) is 1.68. The number of aromatic carboxylic acids is 1. The van der Waals surface area contributed by atoms with E-state index in [0.29, 0.717) is 10.6 Å². The molecular formula is C10H13NO4S. The largest absolute Gasteiger partial charge is 0.477 e. The first kappa shape index (κ1) is 12.5. The quantitative estimate of drug-likeness (QED) is 0.855. The molecule has 1 aromatic heterocycles. The Labute approximate surface area is 97.0 Å². The third-order valence-corrected chi connectivity index (χ3v) is 2.82. The van der Waals surface area contributed by atoms with Crippen molar-refractivity contribution in [3.05, 3.63) is 16.5 Å². The first-order valence-corrected chi connectivity index (χ1v) is 5.53. The smallest absolute Gasteiger partial charge is 0.412 e. The third kappa shape index (κ3) is 3.23. The minimum Gasteiger partial charge on any atom is -0.477 e. The lowest BCUT2D eigenvalue weighted by molar-refractivity contribution is 0.0701. The van der Waals surface area contributed by atoms with Gasteiger partial charge in [-0.25, -0.2) is 9.59 Å². The highest BCUT2D eigenvalue weighted by atomic mass is 32.1.